The van der Waals surface area contributed by atoms with Crippen LogP contribution < -0.4 is 32.1 Å². The lowest BCUT2D eigenvalue weighted by Gasteiger charge is -2.35. The molecule has 6 N–H and O–H groups in total. The molecule has 18 heteroatoms. The summed E-state index contributed by atoms with van der Waals surface area (Å²) < 4.78 is 11.6. The first kappa shape index (κ1) is 60.4. The normalized spacial score (nSPS) is 22.2. The minimum atomic E-state index is -0.752. The zero-order chi connectivity index (χ0) is 56.5. The second-order valence-corrected chi connectivity index (χ2v) is 21.2. The molecule has 3 aliphatic rings. The molecule has 4 amide bonds. The number of amides is 4. The van der Waals surface area contributed by atoms with Gasteiger partial charge in [-0.25, -0.2) is 10.9 Å². The van der Waals surface area contributed by atoms with E-state index in [0.29, 0.717) is 51.9 Å². The molecular weight excluding hydrogens is 989 g/mol. The number of esters is 2. The topological polar surface area (TPSA) is 225 Å². The summed E-state index contributed by atoms with van der Waals surface area (Å²) in [6, 6.07) is 12.2. The SMILES string of the molecule is C=CCCCN[C@H](C(=O)N[C@@H](C)C(=O)N1CCC[C@@H](C(=O)O[C@H](C)c2ccc3cnc(C=C)cc3c2)N1)C(C)C.CC(C)[C@@H]1NCCC/C=C/c2cc3cc(ccc3cn2)[C@@H](C)OC(=O)[C@@H]2CCCN(N2)C(=O)[C@H](C)NC1=O. The van der Waals surface area contributed by atoms with Crippen molar-refractivity contribution in [2.75, 3.05) is 26.2 Å². The highest BCUT2D eigenvalue weighted by Crippen LogP contribution is 2.27. The fourth-order valence-corrected chi connectivity index (χ4v) is 9.59. The zero-order valence-electron chi connectivity index (χ0n) is 46.8. The number of benzene rings is 2. The summed E-state index contributed by atoms with van der Waals surface area (Å²) in [6.07, 6.45) is 16.2. The van der Waals surface area contributed by atoms with Crippen molar-refractivity contribution in [3.63, 3.8) is 0 Å². The summed E-state index contributed by atoms with van der Waals surface area (Å²) in [7, 11) is 0. The number of hydrogen-bond acceptors (Lipinski definition) is 14. The Morgan fingerprint density at radius 3 is 2.33 bits per heavy atom. The number of cyclic esters (lactones) is 1. The number of unbranched alkanes of at least 4 members (excludes halogenated alkanes) is 1. The molecule has 2 saturated heterocycles. The Kier molecular flexibility index (Phi) is 22.6. The number of allylic oxidation sites excluding steroid dienone is 2. The zero-order valence-corrected chi connectivity index (χ0v) is 46.8. The lowest BCUT2D eigenvalue weighted by molar-refractivity contribution is -0.158. The highest BCUT2D eigenvalue weighted by molar-refractivity contribution is 5.91. The number of pyridine rings is 2. The predicted molar refractivity (Wildman–Crippen MR) is 304 cm³/mol. The number of hydrogen-bond donors (Lipinski definition) is 6. The van der Waals surface area contributed by atoms with E-state index in [1.807, 2.05) is 108 Å². The van der Waals surface area contributed by atoms with E-state index in [0.717, 1.165) is 69.7 Å². The summed E-state index contributed by atoms with van der Waals surface area (Å²) in [5, 5.41) is 19.2. The Bertz CT molecular complexity index is 2780. The standard InChI is InChI=1S/C31H43N5O4.C29H39N5O4/c1-7-9-10-15-32-28(20(3)4)29(37)34-21(5)30(38)36-16-11-12-27(35-36)31(39)40-22(6)23-13-14-24-19-33-26(8-2)18-25(24)17-23;1-18(2)26-27(35)32-19(3)28(36)34-14-8-10-25(33-34)29(37)38-20(4)21-11-12-22-17-31-24(16-23(22)15-21)9-6-5-7-13-30-26/h7-8,13-14,17-22,27-28,32,35H,1-2,9-12,15-16H2,3-6H3,(H,34,37);6,9,11-12,15-20,25-26,30,33H,5,7-8,10,13-14H2,1-4H3,(H,32,35)/b;9-6+/t21-,22+,27-,28-;19-,20+,25-,26-/m00/s1. The maximum atomic E-state index is 13.2. The van der Waals surface area contributed by atoms with Gasteiger partial charge >= 0.3 is 11.9 Å². The highest BCUT2D eigenvalue weighted by Gasteiger charge is 2.35. The summed E-state index contributed by atoms with van der Waals surface area (Å²) in [6.45, 7) is 24.7. The molecule has 8 atom stereocenters. The van der Waals surface area contributed by atoms with Crippen molar-refractivity contribution in [3.05, 3.63) is 109 Å². The van der Waals surface area contributed by atoms with Gasteiger partial charge in [0.05, 0.1) is 23.5 Å². The van der Waals surface area contributed by atoms with Crippen LogP contribution in [0.25, 0.3) is 33.7 Å². The average molecular weight is 1070 g/mol. The third kappa shape index (κ3) is 16.8. The number of aromatic nitrogens is 2. The van der Waals surface area contributed by atoms with Crippen LogP contribution >= 0.6 is 0 Å². The lowest BCUT2D eigenvalue weighted by atomic mass is 10.0. The quantitative estimate of drug-likeness (QED) is 0.0414. The first-order chi connectivity index (χ1) is 37.4. The molecule has 0 saturated carbocycles. The Labute approximate surface area is 459 Å². The molecule has 18 nitrogen and oxygen atoms in total. The number of carbonyl (C=O) groups is 6. The predicted octanol–water partition coefficient (Wildman–Crippen LogP) is 7.32. The van der Waals surface area contributed by atoms with Gasteiger partial charge in [0.2, 0.25) is 11.8 Å². The van der Waals surface area contributed by atoms with E-state index in [9.17, 15) is 28.8 Å². The lowest BCUT2D eigenvalue weighted by Crippen LogP contribution is -2.60. The Morgan fingerprint density at radius 1 is 0.872 bits per heavy atom. The van der Waals surface area contributed by atoms with Gasteiger partial charge in [-0.2, -0.15) is 0 Å². The molecule has 2 aromatic carbocycles. The van der Waals surface area contributed by atoms with E-state index < -0.39 is 60.4 Å². The van der Waals surface area contributed by atoms with Gasteiger partial charge in [0, 0.05) is 36.3 Å². The van der Waals surface area contributed by atoms with Crippen LogP contribution in [0.5, 0.6) is 0 Å². The van der Waals surface area contributed by atoms with Gasteiger partial charge in [-0.1, -0.05) is 70.7 Å². The number of rotatable bonds is 14. The van der Waals surface area contributed by atoms with Gasteiger partial charge in [0.15, 0.2) is 0 Å². The van der Waals surface area contributed by atoms with Crippen molar-refractivity contribution in [1.82, 2.24) is 52.1 Å². The van der Waals surface area contributed by atoms with Gasteiger partial charge in [0.1, 0.15) is 36.4 Å². The maximum absolute atomic E-state index is 13.2. The van der Waals surface area contributed by atoms with Crippen LogP contribution in [-0.4, -0.2) is 118 Å². The highest BCUT2D eigenvalue weighted by atomic mass is 16.5. The summed E-state index contributed by atoms with van der Waals surface area (Å²) in [5.74, 6) is -1.72. The van der Waals surface area contributed by atoms with Crippen molar-refractivity contribution in [3.8, 4) is 0 Å². The number of hydrazine groups is 2. The number of nitrogens with zero attached hydrogens (tertiary/aromatic N) is 4. The molecule has 2 fully saturated rings. The first-order valence-electron chi connectivity index (χ1n) is 27.7. The second kappa shape index (κ2) is 29.2. The molecule has 78 heavy (non-hydrogen) atoms. The van der Waals surface area contributed by atoms with Crippen LogP contribution in [0.1, 0.15) is 141 Å². The summed E-state index contributed by atoms with van der Waals surface area (Å²) >= 11 is 0. The molecule has 7 rings (SSSR count). The van der Waals surface area contributed by atoms with Crippen LogP contribution in [-0.2, 0) is 38.2 Å². The molecule has 0 spiro atoms. The number of fused-ring (bicyclic) bond motifs is 5. The van der Waals surface area contributed by atoms with Crippen molar-refractivity contribution in [1.29, 1.82) is 0 Å². The smallest absolute Gasteiger partial charge is 0.325 e. The molecular formula is C60H82N10O8. The van der Waals surface area contributed by atoms with E-state index >= 15 is 0 Å². The summed E-state index contributed by atoms with van der Waals surface area (Å²) in [5.41, 5.74) is 9.44. The Hall–Kier alpha value is -6.86. The van der Waals surface area contributed by atoms with Gasteiger partial charge in [-0.3, -0.25) is 48.8 Å². The largest absolute Gasteiger partial charge is 0.457 e. The first-order valence-corrected chi connectivity index (χ1v) is 27.7. The molecule has 5 heterocycles. The Morgan fingerprint density at radius 2 is 1.60 bits per heavy atom. The maximum Gasteiger partial charge on any atom is 0.325 e. The van der Waals surface area contributed by atoms with Gasteiger partial charge in [0.25, 0.3) is 11.8 Å². The van der Waals surface area contributed by atoms with E-state index in [-0.39, 0.29) is 35.5 Å². The molecule has 0 radical (unpaired) electrons. The van der Waals surface area contributed by atoms with E-state index in [1.54, 1.807) is 26.1 Å². The van der Waals surface area contributed by atoms with Crippen LogP contribution in [0, 0.1) is 11.8 Å². The van der Waals surface area contributed by atoms with Crippen molar-refractivity contribution in [2.45, 2.75) is 155 Å². The van der Waals surface area contributed by atoms with Crippen molar-refractivity contribution < 1.29 is 38.2 Å². The molecule has 420 valence electrons. The average Bonchev–Trinajstić information content (AvgIpc) is 3.44. The monoisotopic (exact) mass is 1070 g/mol. The molecule has 0 aliphatic carbocycles. The van der Waals surface area contributed by atoms with Gasteiger partial charge < -0.3 is 30.7 Å². The molecule has 4 aromatic rings. The third-order valence-electron chi connectivity index (χ3n) is 14.2. The number of ether oxygens (including phenoxy) is 2. The van der Waals surface area contributed by atoms with Crippen molar-refractivity contribution >= 4 is 69.3 Å². The summed E-state index contributed by atoms with van der Waals surface area (Å²) in [4.78, 5) is 87.2. The van der Waals surface area contributed by atoms with Crippen LogP contribution in [0.15, 0.2) is 86.2 Å². The second-order valence-electron chi connectivity index (χ2n) is 21.2. The fraction of sp³-hybridized carbons (Fsp3) is 0.500. The molecule has 3 aliphatic heterocycles. The third-order valence-corrected chi connectivity index (χ3v) is 14.2. The fourth-order valence-electron chi connectivity index (χ4n) is 9.59. The minimum absolute atomic E-state index is 0.0549. The number of nitrogens with one attached hydrogen (secondary N) is 6. The van der Waals surface area contributed by atoms with Crippen molar-refractivity contribution in [2.24, 2.45) is 11.8 Å². The van der Waals surface area contributed by atoms with E-state index in [1.165, 1.54) is 10.0 Å². The molecule has 0 unspecified atom stereocenters. The Balaban J connectivity index is 0.000000253. The molecule has 2 aromatic heterocycles. The van der Waals surface area contributed by atoms with E-state index in [2.05, 4.69) is 61.3 Å². The van der Waals surface area contributed by atoms with Crippen LogP contribution in [0.4, 0.5) is 0 Å². The van der Waals surface area contributed by atoms with Gasteiger partial charge in [-0.05, 0) is 162 Å². The van der Waals surface area contributed by atoms with E-state index in [4.69, 9.17) is 9.47 Å². The van der Waals surface area contributed by atoms with Crippen LogP contribution in [0.2, 0.25) is 0 Å². The minimum Gasteiger partial charge on any atom is -0.457 e. The number of carbonyl (C=O) groups excluding carboxylic acids is 6. The van der Waals surface area contributed by atoms with Gasteiger partial charge in [-0.15, -0.1) is 6.58 Å². The molecule has 5 bridgehead atoms. The van der Waals surface area contributed by atoms with Crippen LogP contribution in [0.3, 0.4) is 0 Å².